The highest BCUT2D eigenvalue weighted by Crippen LogP contribution is 2.25. The van der Waals surface area contributed by atoms with E-state index in [4.69, 9.17) is 0 Å². The Morgan fingerprint density at radius 2 is 2.00 bits per heavy atom. The number of halogens is 1. The molecule has 0 aliphatic carbocycles. The third-order valence-corrected chi connectivity index (χ3v) is 4.23. The third kappa shape index (κ3) is 3.40. The van der Waals surface area contributed by atoms with Crippen LogP contribution < -0.4 is 5.32 Å². The average molecular weight is 374 g/mol. The lowest BCUT2D eigenvalue weighted by atomic mass is 10.1. The Bertz CT molecular complexity index is 814. The maximum absolute atomic E-state index is 12.2. The molecule has 0 radical (unpaired) electrons. The molecule has 6 heteroatoms. The minimum atomic E-state index is -0.224. The number of aryl methyl sites for hydroxylation is 1. The van der Waals surface area contributed by atoms with Gasteiger partial charge in [-0.05, 0) is 28.9 Å². The maximum atomic E-state index is 12.2. The van der Waals surface area contributed by atoms with E-state index in [1.165, 1.54) is 23.1 Å². The fourth-order valence-corrected chi connectivity index (χ4v) is 2.97. The summed E-state index contributed by atoms with van der Waals surface area (Å²) >= 11 is 4.70. The number of anilines is 1. The van der Waals surface area contributed by atoms with Gasteiger partial charge in [0, 0.05) is 27.8 Å². The molecule has 1 amide bonds. The molecule has 0 aliphatic rings. The SMILES string of the molecule is Cc1ccc(-c2csc(NC(=O)c3cncc(Br)c3)n2)cc1. The predicted octanol–water partition coefficient (Wildman–Crippen LogP) is 4.53. The number of aromatic nitrogens is 2. The summed E-state index contributed by atoms with van der Waals surface area (Å²) in [6.07, 6.45) is 3.16. The van der Waals surface area contributed by atoms with Gasteiger partial charge in [0.2, 0.25) is 0 Å². The Hall–Kier alpha value is -2.05. The Morgan fingerprint density at radius 1 is 1.23 bits per heavy atom. The maximum Gasteiger partial charge on any atom is 0.259 e. The van der Waals surface area contributed by atoms with Gasteiger partial charge in [0.1, 0.15) is 0 Å². The van der Waals surface area contributed by atoms with Crippen molar-refractivity contribution in [2.24, 2.45) is 0 Å². The molecule has 0 spiro atoms. The van der Waals surface area contributed by atoms with Crippen molar-refractivity contribution < 1.29 is 4.79 Å². The molecule has 0 fully saturated rings. The summed E-state index contributed by atoms with van der Waals surface area (Å²) in [5, 5.41) is 5.29. The lowest BCUT2D eigenvalue weighted by Crippen LogP contribution is -2.11. The van der Waals surface area contributed by atoms with Gasteiger partial charge in [0.25, 0.3) is 5.91 Å². The van der Waals surface area contributed by atoms with Crippen LogP contribution in [0.5, 0.6) is 0 Å². The predicted molar refractivity (Wildman–Crippen MR) is 92.2 cm³/mol. The summed E-state index contributed by atoms with van der Waals surface area (Å²) < 4.78 is 0.764. The van der Waals surface area contributed by atoms with Crippen LogP contribution in [0.3, 0.4) is 0 Å². The van der Waals surface area contributed by atoms with Crippen molar-refractivity contribution in [3.8, 4) is 11.3 Å². The van der Waals surface area contributed by atoms with Gasteiger partial charge in [-0.1, -0.05) is 29.8 Å². The molecule has 0 saturated carbocycles. The molecular weight excluding hydrogens is 362 g/mol. The summed E-state index contributed by atoms with van der Waals surface area (Å²) in [7, 11) is 0. The Balaban J connectivity index is 1.77. The van der Waals surface area contributed by atoms with Crippen molar-refractivity contribution in [2.45, 2.75) is 6.92 Å². The quantitative estimate of drug-likeness (QED) is 0.733. The number of nitrogens with zero attached hydrogens (tertiary/aromatic N) is 2. The smallest absolute Gasteiger partial charge is 0.259 e. The van der Waals surface area contributed by atoms with Crippen molar-refractivity contribution >= 4 is 38.3 Å². The molecule has 0 atom stereocenters. The second-order valence-corrected chi connectivity index (χ2v) is 6.52. The molecule has 0 aliphatic heterocycles. The zero-order valence-corrected chi connectivity index (χ0v) is 14.1. The first-order valence-electron chi connectivity index (χ1n) is 6.56. The second-order valence-electron chi connectivity index (χ2n) is 4.75. The first kappa shape index (κ1) is 14.9. The van der Waals surface area contributed by atoms with E-state index < -0.39 is 0 Å². The summed E-state index contributed by atoms with van der Waals surface area (Å²) in [6.45, 7) is 2.04. The number of benzene rings is 1. The number of nitrogens with one attached hydrogen (secondary N) is 1. The van der Waals surface area contributed by atoms with Gasteiger partial charge >= 0.3 is 0 Å². The average Bonchev–Trinajstić information content (AvgIpc) is 2.96. The van der Waals surface area contributed by atoms with Crippen LogP contribution in [0, 0.1) is 6.92 Å². The molecule has 2 aromatic heterocycles. The standard InChI is InChI=1S/C16H12BrN3OS/c1-10-2-4-11(5-3-10)14-9-22-16(19-14)20-15(21)12-6-13(17)8-18-7-12/h2-9H,1H3,(H,19,20,21). The number of thiazole rings is 1. The second kappa shape index (κ2) is 6.37. The molecule has 0 unspecified atom stereocenters. The number of pyridine rings is 1. The van der Waals surface area contributed by atoms with Crippen molar-refractivity contribution in [1.82, 2.24) is 9.97 Å². The number of carbonyl (C=O) groups excluding carboxylic acids is 1. The zero-order valence-electron chi connectivity index (χ0n) is 11.7. The Kier molecular flexibility index (Phi) is 4.31. The lowest BCUT2D eigenvalue weighted by Gasteiger charge is -2.01. The Morgan fingerprint density at radius 3 is 2.73 bits per heavy atom. The summed E-state index contributed by atoms with van der Waals surface area (Å²) in [6, 6.07) is 9.85. The summed E-state index contributed by atoms with van der Waals surface area (Å²) in [5.74, 6) is -0.224. The molecule has 22 heavy (non-hydrogen) atoms. The van der Waals surface area contributed by atoms with Crippen LogP contribution in [0.1, 0.15) is 15.9 Å². The van der Waals surface area contributed by atoms with Gasteiger partial charge in [0.05, 0.1) is 11.3 Å². The molecule has 1 aromatic carbocycles. The van der Waals surface area contributed by atoms with Crippen LogP contribution in [0.4, 0.5) is 5.13 Å². The first-order valence-corrected chi connectivity index (χ1v) is 8.23. The molecule has 0 bridgehead atoms. The van der Waals surface area contributed by atoms with Crippen LogP contribution in [-0.2, 0) is 0 Å². The van der Waals surface area contributed by atoms with Crippen molar-refractivity contribution in [1.29, 1.82) is 0 Å². The van der Waals surface area contributed by atoms with E-state index in [9.17, 15) is 4.79 Å². The number of carbonyl (C=O) groups is 1. The van der Waals surface area contributed by atoms with Gasteiger partial charge < -0.3 is 0 Å². The van der Waals surface area contributed by atoms with E-state index in [1.807, 2.05) is 36.6 Å². The summed E-state index contributed by atoms with van der Waals surface area (Å²) in [5.41, 5.74) is 3.58. The van der Waals surface area contributed by atoms with Gasteiger partial charge in [-0.3, -0.25) is 15.1 Å². The van der Waals surface area contributed by atoms with Gasteiger partial charge in [-0.25, -0.2) is 4.98 Å². The zero-order chi connectivity index (χ0) is 15.5. The molecule has 0 saturated heterocycles. The molecule has 110 valence electrons. The fourth-order valence-electron chi connectivity index (χ4n) is 1.89. The fraction of sp³-hybridized carbons (Fsp3) is 0.0625. The van der Waals surface area contributed by atoms with Crippen molar-refractivity contribution in [2.75, 3.05) is 5.32 Å². The normalized spacial score (nSPS) is 10.5. The van der Waals surface area contributed by atoms with Gasteiger partial charge in [0.15, 0.2) is 5.13 Å². The van der Waals surface area contributed by atoms with Crippen LogP contribution >= 0.6 is 27.3 Å². The van der Waals surface area contributed by atoms with E-state index in [1.54, 1.807) is 12.3 Å². The Labute approximate surface area is 140 Å². The largest absolute Gasteiger partial charge is 0.298 e. The van der Waals surface area contributed by atoms with E-state index in [0.29, 0.717) is 10.7 Å². The first-order chi connectivity index (χ1) is 10.6. The third-order valence-electron chi connectivity index (χ3n) is 3.04. The van der Waals surface area contributed by atoms with Crippen LogP contribution in [0.2, 0.25) is 0 Å². The highest BCUT2D eigenvalue weighted by Gasteiger charge is 2.10. The molecular formula is C16H12BrN3OS. The van der Waals surface area contributed by atoms with Crippen LogP contribution in [0.15, 0.2) is 52.6 Å². The van der Waals surface area contributed by atoms with Crippen LogP contribution in [0.25, 0.3) is 11.3 Å². The van der Waals surface area contributed by atoms with E-state index >= 15 is 0 Å². The molecule has 2 heterocycles. The summed E-state index contributed by atoms with van der Waals surface area (Å²) in [4.78, 5) is 20.6. The van der Waals surface area contributed by atoms with Crippen LogP contribution in [-0.4, -0.2) is 15.9 Å². The van der Waals surface area contributed by atoms with E-state index in [0.717, 1.165) is 15.7 Å². The number of hydrogen-bond acceptors (Lipinski definition) is 4. The topological polar surface area (TPSA) is 54.9 Å². The molecule has 1 N–H and O–H groups in total. The number of amides is 1. The molecule has 3 aromatic rings. The van der Waals surface area contributed by atoms with Crippen molar-refractivity contribution in [3.05, 3.63) is 63.7 Å². The molecule has 3 rings (SSSR count). The van der Waals surface area contributed by atoms with Gasteiger partial charge in [-0.15, -0.1) is 11.3 Å². The highest BCUT2D eigenvalue weighted by atomic mass is 79.9. The van der Waals surface area contributed by atoms with Gasteiger partial charge in [-0.2, -0.15) is 0 Å². The number of rotatable bonds is 3. The molecule has 4 nitrogen and oxygen atoms in total. The van der Waals surface area contributed by atoms with E-state index in [-0.39, 0.29) is 5.91 Å². The number of hydrogen-bond donors (Lipinski definition) is 1. The monoisotopic (exact) mass is 373 g/mol. The minimum Gasteiger partial charge on any atom is -0.298 e. The minimum absolute atomic E-state index is 0.224. The van der Waals surface area contributed by atoms with Crippen molar-refractivity contribution in [3.63, 3.8) is 0 Å². The lowest BCUT2D eigenvalue weighted by molar-refractivity contribution is 0.102. The highest BCUT2D eigenvalue weighted by molar-refractivity contribution is 9.10. The van der Waals surface area contributed by atoms with E-state index in [2.05, 4.69) is 31.2 Å².